The molecule has 0 atom stereocenters. The van der Waals surface area contributed by atoms with E-state index in [1.165, 1.54) is 0 Å². The number of likely N-dealkylation sites (tertiary alicyclic amines) is 1. The summed E-state index contributed by atoms with van der Waals surface area (Å²) in [7, 11) is -1.01. The molecule has 2 saturated heterocycles. The van der Waals surface area contributed by atoms with Crippen LogP contribution in [0, 0.1) is 17.0 Å². The summed E-state index contributed by atoms with van der Waals surface area (Å²) >= 11 is 0. The van der Waals surface area contributed by atoms with Crippen LogP contribution < -0.4 is 5.46 Å². The SMILES string of the molecule is CC1(C)CCN(C(=O)c2cc(F)c(B3OC(C)(C)C(C)(C)O3)cc2F)CC1. The third-order valence-electron chi connectivity index (χ3n) is 6.23. The summed E-state index contributed by atoms with van der Waals surface area (Å²) in [4.78, 5) is 14.3. The molecule has 0 bridgehead atoms. The molecule has 1 aromatic rings. The van der Waals surface area contributed by atoms with Crippen molar-refractivity contribution in [3.63, 3.8) is 0 Å². The van der Waals surface area contributed by atoms with Crippen molar-refractivity contribution in [1.82, 2.24) is 4.90 Å². The molecule has 0 radical (unpaired) electrons. The Hall–Kier alpha value is -1.47. The van der Waals surface area contributed by atoms with Crippen LogP contribution in [0.2, 0.25) is 0 Å². The Balaban J connectivity index is 1.83. The molecule has 0 saturated carbocycles. The maximum Gasteiger partial charge on any atom is 0.497 e. The largest absolute Gasteiger partial charge is 0.497 e. The van der Waals surface area contributed by atoms with Gasteiger partial charge in [-0.1, -0.05) is 13.8 Å². The lowest BCUT2D eigenvalue weighted by Gasteiger charge is -2.37. The van der Waals surface area contributed by atoms with E-state index in [1.54, 1.807) is 4.90 Å². The van der Waals surface area contributed by atoms with Crippen LogP contribution in [0.25, 0.3) is 0 Å². The van der Waals surface area contributed by atoms with Crippen LogP contribution in [0.1, 0.15) is 64.7 Å². The summed E-state index contributed by atoms with van der Waals surface area (Å²) in [5.74, 6) is -1.92. The minimum Gasteiger partial charge on any atom is -0.399 e. The van der Waals surface area contributed by atoms with Crippen molar-refractivity contribution in [1.29, 1.82) is 0 Å². The predicted octanol–water partition coefficient (Wildman–Crippen LogP) is 3.53. The maximum absolute atomic E-state index is 14.7. The van der Waals surface area contributed by atoms with Crippen molar-refractivity contribution in [3.05, 3.63) is 29.3 Å². The summed E-state index contributed by atoms with van der Waals surface area (Å²) in [6.07, 6.45) is 1.68. The number of rotatable bonds is 2. The number of hydrogen-bond donors (Lipinski definition) is 0. The van der Waals surface area contributed by atoms with Crippen molar-refractivity contribution >= 4 is 18.5 Å². The molecule has 0 N–H and O–H groups in total. The van der Waals surface area contributed by atoms with Crippen LogP contribution in [-0.4, -0.2) is 42.2 Å². The first-order valence-corrected chi connectivity index (χ1v) is 9.47. The van der Waals surface area contributed by atoms with Crippen molar-refractivity contribution in [2.45, 2.75) is 65.6 Å². The molecule has 1 amide bonds. The lowest BCUT2D eigenvalue weighted by atomic mass is 9.78. The second-order valence-corrected chi connectivity index (χ2v) is 9.40. The van der Waals surface area contributed by atoms with Gasteiger partial charge < -0.3 is 14.2 Å². The fourth-order valence-corrected chi connectivity index (χ4v) is 3.36. The zero-order chi connectivity index (χ0) is 20.2. The van der Waals surface area contributed by atoms with Crippen LogP contribution >= 0.6 is 0 Å². The zero-order valence-electron chi connectivity index (χ0n) is 17.0. The van der Waals surface area contributed by atoms with E-state index in [0.29, 0.717) is 13.1 Å². The summed E-state index contributed by atoms with van der Waals surface area (Å²) in [6.45, 7) is 12.8. The van der Waals surface area contributed by atoms with Crippen LogP contribution in [0.15, 0.2) is 12.1 Å². The number of halogens is 2. The molecule has 0 spiro atoms. The van der Waals surface area contributed by atoms with E-state index in [-0.39, 0.29) is 16.4 Å². The maximum atomic E-state index is 14.7. The first-order chi connectivity index (χ1) is 12.3. The van der Waals surface area contributed by atoms with E-state index < -0.39 is 35.9 Å². The lowest BCUT2D eigenvalue weighted by Crippen LogP contribution is -2.42. The van der Waals surface area contributed by atoms with Crippen LogP contribution in [0.3, 0.4) is 0 Å². The highest BCUT2D eigenvalue weighted by Crippen LogP contribution is 2.37. The molecule has 148 valence electrons. The Labute approximate surface area is 160 Å². The Kier molecular flexibility index (Phi) is 4.92. The molecular weight excluding hydrogens is 351 g/mol. The zero-order valence-corrected chi connectivity index (χ0v) is 17.0. The highest BCUT2D eigenvalue weighted by atomic mass is 19.1. The van der Waals surface area contributed by atoms with Gasteiger partial charge >= 0.3 is 7.12 Å². The normalized spacial score (nSPS) is 23.6. The number of hydrogen-bond acceptors (Lipinski definition) is 3. The fraction of sp³-hybridized carbons (Fsp3) is 0.650. The molecule has 2 aliphatic rings. The molecule has 2 fully saturated rings. The highest BCUT2D eigenvalue weighted by Gasteiger charge is 2.52. The molecule has 0 aromatic heterocycles. The van der Waals surface area contributed by atoms with Gasteiger partial charge in [0.05, 0.1) is 16.8 Å². The molecule has 7 heteroatoms. The van der Waals surface area contributed by atoms with E-state index in [4.69, 9.17) is 9.31 Å². The minimum atomic E-state index is -1.01. The second-order valence-electron chi connectivity index (χ2n) is 9.40. The van der Waals surface area contributed by atoms with Crippen molar-refractivity contribution in [2.75, 3.05) is 13.1 Å². The van der Waals surface area contributed by atoms with Gasteiger partial charge in [-0.2, -0.15) is 0 Å². The number of nitrogens with zero attached hydrogens (tertiary/aromatic N) is 1. The predicted molar refractivity (Wildman–Crippen MR) is 101 cm³/mol. The first-order valence-electron chi connectivity index (χ1n) is 9.47. The van der Waals surface area contributed by atoms with Crippen LogP contribution in [0.4, 0.5) is 8.78 Å². The average molecular weight is 379 g/mol. The molecule has 2 aliphatic heterocycles. The van der Waals surface area contributed by atoms with E-state index in [2.05, 4.69) is 13.8 Å². The van der Waals surface area contributed by atoms with Gasteiger partial charge in [0, 0.05) is 18.6 Å². The molecule has 27 heavy (non-hydrogen) atoms. The Morgan fingerprint density at radius 2 is 1.48 bits per heavy atom. The second kappa shape index (κ2) is 6.55. The first kappa shape index (κ1) is 20.3. The van der Waals surface area contributed by atoms with E-state index >= 15 is 0 Å². The van der Waals surface area contributed by atoms with E-state index in [1.807, 2.05) is 27.7 Å². The molecule has 3 rings (SSSR count). The lowest BCUT2D eigenvalue weighted by molar-refractivity contribution is 0.00578. The summed E-state index contributed by atoms with van der Waals surface area (Å²) < 4.78 is 41.0. The quantitative estimate of drug-likeness (QED) is 0.738. The highest BCUT2D eigenvalue weighted by molar-refractivity contribution is 6.62. The summed E-state index contributed by atoms with van der Waals surface area (Å²) in [6, 6.07) is 2.00. The van der Waals surface area contributed by atoms with Gasteiger partial charge in [-0.15, -0.1) is 0 Å². The van der Waals surface area contributed by atoms with Gasteiger partial charge in [0.2, 0.25) is 0 Å². The number of piperidine rings is 1. The van der Waals surface area contributed by atoms with Gasteiger partial charge in [-0.05, 0) is 58.1 Å². The third kappa shape index (κ3) is 3.76. The van der Waals surface area contributed by atoms with Gasteiger partial charge in [0.15, 0.2) is 0 Å². The van der Waals surface area contributed by atoms with Crippen molar-refractivity contribution < 1.29 is 22.9 Å². The molecule has 1 aromatic carbocycles. The fourth-order valence-electron chi connectivity index (χ4n) is 3.36. The van der Waals surface area contributed by atoms with Gasteiger partial charge in [-0.25, -0.2) is 8.78 Å². The topological polar surface area (TPSA) is 38.8 Å². The minimum absolute atomic E-state index is 0.0255. The average Bonchev–Trinajstić information content (AvgIpc) is 2.76. The Bertz CT molecular complexity index is 738. The van der Waals surface area contributed by atoms with E-state index in [9.17, 15) is 13.6 Å². The molecular formula is C20H28BF2NO3. The van der Waals surface area contributed by atoms with E-state index in [0.717, 1.165) is 25.0 Å². The van der Waals surface area contributed by atoms with Gasteiger partial charge in [-0.3, -0.25) is 4.79 Å². The third-order valence-corrected chi connectivity index (χ3v) is 6.23. The molecule has 0 unspecified atom stereocenters. The van der Waals surface area contributed by atoms with Gasteiger partial charge in [0.1, 0.15) is 11.6 Å². The summed E-state index contributed by atoms with van der Waals surface area (Å²) in [5.41, 5.74) is -1.41. The van der Waals surface area contributed by atoms with Crippen molar-refractivity contribution in [2.24, 2.45) is 5.41 Å². The monoisotopic (exact) mass is 379 g/mol. The van der Waals surface area contributed by atoms with Crippen molar-refractivity contribution in [3.8, 4) is 0 Å². The molecule has 0 aliphatic carbocycles. The molecule has 4 nitrogen and oxygen atoms in total. The number of carbonyl (C=O) groups excluding carboxylic acids is 1. The smallest absolute Gasteiger partial charge is 0.399 e. The molecule has 2 heterocycles. The van der Waals surface area contributed by atoms with Crippen LogP contribution in [-0.2, 0) is 9.31 Å². The number of carbonyl (C=O) groups is 1. The number of benzene rings is 1. The van der Waals surface area contributed by atoms with Crippen LogP contribution in [0.5, 0.6) is 0 Å². The number of amides is 1. The van der Waals surface area contributed by atoms with Gasteiger partial charge in [0.25, 0.3) is 5.91 Å². The Morgan fingerprint density at radius 3 is 2.00 bits per heavy atom. The summed E-state index contributed by atoms with van der Waals surface area (Å²) in [5, 5.41) is 0. The standard InChI is InChI=1S/C20H28BF2NO3/c1-18(2)7-9-24(10-8-18)17(25)13-11-16(23)14(12-15(13)22)21-26-19(3,4)20(5,6)27-21/h11-12H,7-10H2,1-6H3. The Morgan fingerprint density at radius 1 is 0.963 bits per heavy atom.